The monoisotopic (exact) mass is 360 g/mol. The zero-order valence-corrected chi connectivity index (χ0v) is 15.0. The van der Waals surface area contributed by atoms with E-state index in [4.69, 9.17) is 0 Å². The molecule has 2 heterocycles. The molecule has 6 heteroatoms. The lowest BCUT2D eigenvalue weighted by Gasteiger charge is -2.17. The Morgan fingerprint density at radius 3 is 2.71 bits per heavy atom. The standard InChI is InChI=1S/C18H17FN2OS2/c1-12(2)11-21-17(22)16(10-13-6-5-9-23-13)24-18(21)20-15-8-4-3-7-14(15)19/h3-10,12H,11H2,1-2H3/b16-10+,20-18?. The first-order valence-corrected chi connectivity index (χ1v) is 9.32. The SMILES string of the molecule is CC(C)CN1C(=O)/C(=C\c2cccs2)SC1=Nc1ccccc1F. The van der Waals surface area contributed by atoms with Crippen LogP contribution >= 0.6 is 23.1 Å². The van der Waals surface area contributed by atoms with Crippen LogP contribution < -0.4 is 0 Å². The summed E-state index contributed by atoms with van der Waals surface area (Å²) in [5.41, 5.74) is 0.249. The molecular formula is C18H17FN2OS2. The largest absolute Gasteiger partial charge is 0.286 e. The minimum absolute atomic E-state index is 0.0720. The van der Waals surface area contributed by atoms with E-state index in [1.54, 1.807) is 34.4 Å². The quantitative estimate of drug-likeness (QED) is 0.707. The Balaban J connectivity index is 1.97. The summed E-state index contributed by atoms with van der Waals surface area (Å²) in [6.45, 7) is 4.64. The van der Waals surface area contributed by atoms with Crippen molar-refractivity contribution < 1.29 is 9.18 Å². The number of thiophene rings is 1. The first kappa shape index (κ1) is 16.9. The fourth-order valence-electron chi connectivity index (χ4n) is 2.27. The van der Waals surface area contributed by atoms with E-state index in [-0.39, 0.29) is 11.6 Å². The number of carbonyl (C=O) groups is 1. The number of benzene rings is 1. The Hall–Kier alpha value is -1.92. The number of nitrogens with zero attached hydrogens (tertiary/aromatic N) is 2. The zero-order chi connectivity index (χ0) is 17.1. The second kappa shape index (κ2) is 7.32. The van der Waals surface area contributed by atoms with Gasteiger partial charge in [0.2, 0.25) is 0 Å². The minimum atomic E-state index is -0.391. The molecule has 124 valence electrons. The molecular weight excluding hydrogens is 343 g/mol. The molecule has 1 aliphatic heterocycles. The highest BCUT2D eigenvalue weighted by Crippen LogP contribution is 2.35. The molecule has 0 unspecified atom stereocenters. The number of hydrogen-bond donors (Lipinski definition) is 0. The molecule has 0 bridgehead atoms. The van der Waals surface area contributed by atoms with Crippen molar-refractivity contribution in [3.63, 3.8) is 0 Å². The normalized spacial score (nSPS) is 18.3. The molecule has 3 rings (SSSR count). The summed E-state index contributed by atoms with van der Waals surface area (Å²) < 4.78 is 13.9. The van der Waals surface area contributed by atoms with Gasteiger partial charge in [-0.3, -0.25) is 9.69 Å². The average molecular weight is 360 g/mol. The molecule has 0 aliphatic carbocycles. The zero-order valence-electron chi connectivity index (χ0n) is 13.4. The van der Waals surface area contributed by atoms with Gasteiger partial charge in [-0.25, -0.2) is 9.38 Å². The maximum Gasteiger partial charge on any atom is 0.266 e. The van der Waals surface area contributed by atoms with Crippen LogP contribution in [0.3, 0.4) is 0 Å². The lowest BCUT2D eigenvalue weighted by molar-refractivity contribution is -0.122. The van der Waals surface area contributed by atoms with Crippen LogP contribution in [-0.2, 0) is 4.79 Å². The summed E-state index contributed by atoms with van der Waals surface area (Å²) in [4.78, 5) is 20.4. The van der Waals surface area contributed by atoms with Gasteiger partial charge in [-0.05, 0) is 47.3 Å². The number of amides is 1. The van der Waals surface area contributed by atoms with E-state index in [0.29, 0.717) is 22.5 Å². The number of amidine groups is 1. The highest BCUT2D eigenvalue weighted by atomic mass is 32.2. The number of rotatable bonds is 4. The van der Waals surface area contributed by atoms with Gasteiger partial charge in [0.1, 0.15) is 11.5 Å². The molecule has 3 nitrogen and oxygen atoms in total. The molecule has 1 aromatic heterocycles. The van der Waals surface area contributed by atoms with Crippen LogP contribution in [0.5, 0.6) is 0 Å². The molecule has 0 radical (unpaired) electrons. The highest BCUT2D eigenvalue weighted by molar-refractivity contribution is 8.18. The third-order valence-corrected chi connectivity index (χ3v) is 5.15. The van der Waals surface area contributed by atoms with Crippen molar-refractivity contribution in [2.75, 3.05) is 6.54 Å². The molecule has 1 aliphatic rings. The number of aliphatic imine (C=N–C) groups is 1. The first-order valence-electron chi connectivity index (χ1n) is 7.62. The van der Waals surface area contributed by atoms with Gasteiger partial charge >= 0.3 is 0 Å². The number of hydrogen-bond acceptors (Lipinski definition) is 4. The van der Waals surface area contributed by atoms with E-state index < -0.39 is 5.82 Å². The second-order valence-electron chi connectivity index (χ2n) is 5.78. The molecule has 0 N–H and O–H groups in total. The molecule has 0 atom stereocenters. The molecule has 24 heavy (non-hydrogen) atoms. The smallest absolute Gasteiger partial charge is 0.266 e. The number of carbonyl (C=O) groups excluding carboxylic acids is 1. The summed E-state index contributed by atoms with van der Waals surface area (Å²) in [6.07, 6.45) is 1.87. The van der Waals surface area contributed by atoms with Gasteiger partial charge in [-0.1, -0.05) is 32.0 Å². The highest BCUT2D eigenvalue weighted by Gasteiger charge is 2.33. The van der Waals surface area contributed by atoms with Crippen LogP contribution in [0.2, 0.25) is 0 Å². The molecule has 0 saturated carbocycles. The van der Waals surface area contributed by atoms with Gasteiger partial charge in [-0.15, -0.1) is 11.3 Å². The molecule has 1 fully saturated rings. The number of thioether (sulfide) groups is 1. The van der Waals surface area contributed by atoms with E-state index in [0.717, 1.165) is 4.88 Å². The average Bonchev–Trinajstić information content (AvgIpc) is 3.14. The topological polar surface area (TPSA) is 32.7 Å². The van der Waals surface area contributed by atoms with Crippen LogP contribution in [0.25, 0.3) is 6.08 Å². The van der Waals surface area contributed by atoms with Gasteiger partial charge in [0.05, 0.1) is 4.91 Å². The Bertz CT molecular complexity index is 797. The lowest BCUT2D eigenvalue weighted by Crippen LogP contribution is -2.32. The van der Waals surface area contributed by atoms with E-state index in [2.05, 4.69) is 4.99 Å². The van der Waals surface area contributed by atoms with Crippen molar-refractivity contribution in [3.8, 4) is 0 Å². The van der Waals surface area contributed by atoms with Crippen molar-refractivity contribution in [2.45, 2.75) is 13.8 Å². The molecule has 1 saturated heterocycles. The lowest BCUT2D eigenvalue weighted by atomic mass is 10.2. The van der Waals surface area contributed by atoms with Gasteiger partial charge in [0.15, 0.2) is 5.17 Å². The van der Waals surface area contributed by atoms with Crippen molar-refractivity contribution in [3.05, 3.63) is 57.4 Å². The molecule has 1 aromatic carbocycles. The van der Waals surface area contributed by atoms with Crippen LogP contribution in [0.4, 0.5) is 10.1 Å². The van der Waals surface area contributed by atoms with Gasteiger partial charge in [-0.2, -0.15) is 0 Å². The van der Waals surface area contributed by atoms with Crippen molar-refractivity contribution >= 4 is 45.9 Å². The molecule has 0 spiro atoms. The maximum absolute atomic E-state index is 13.9. The third-order valence-electron chi connectivity index (χ3n) is 3.32. The molecule has 1 amide bonds. The van der Waals surface area contributed by atoms with Crippen molar-refractivity contribution in [1.29, 1.82) is 0 Å². The van der Waals surface area contributed by atoms with Crippen molar-refractivity contribution in [1.82, 2.24) is 4.90 Å². The maximum atomic E-state index is 13.9. The summed E-state index contributed by atoms with van der Waals surface area (Å²) in [5, 5.41) is 2.50. The van der Waals surface area contributed by atoms with Crippen LogP contribution in [0.15, 0.2) is 51.7 Å². The summed E-state index contributed by atoms with van der Waals surface area (Å²) in [5.74, 6) is -0.170. The Morgan fingerprint density at radius 1 is 1.25 bits per heavy atom. The van der Waals surface area contributed by atoms with Crippen LogP contribution in [0, 0.1) is 11.7 Å². The third kappa shape index (κ3) is 3.76. The van der Waals surface area contributed by atoms with E-state index in [1.807, 2.05) is 37.4 Å². The first-order chi connectivity index (χ1) is 11.5. The number of para-hydroxylation sites is 1. The van der Waals surface area contributed by atoms with E-state index in [9.17, 15) is 9.18 Å². The summed E-state index contributed by atoms with van der Waals surface area (Å²) in [7, 11) is 0. The number of halogens is 1. The predicted octanol–water partition coefficient (Wildman–Crippen LogP) is 5.15. The van der Waals surface area contributed by atoms with Crippen molar-refractivity contribution in [2.24, 2.45) is 10.9 Å². The van der Waals surface area contributed by atoms with Crippen LogP contribution in [0.1, 0.15) is 18.7 Å². The minimum Gasteiger partial charge on any atom is -0.286 e. The molecule has 2 aromatic rings. The predicted molar refractivity (Wildman–Crippen MR) is 99.9 cm³/mol. The van der Waals surface area contributed by atoms with Gasteiger partial charge in [0.25, 0.3) is 5.91 Å². The Labute approximate surface area is 148 Å². The second-order valence-corrected chi connectivity index (χ2v) is 7.77. The summed E-state index contributed by atoms with van der Waals surface area (Å²) in [6, 6.07) is 10.3. The van der Waals surface area contributed by atoms with E-state index in [1.165, 1.54) is 17.8 Å². The van der Waals surface area contributed by atoms with Gasteiger partial charge < -0.3 is 0 Å². The fraction of sp³-hybridized carbons (Fsp3) is 0.222. The van der Waals surface area contributed by atoms with Gasteiger partial charge in [0, 0.05) is 11.4 Å². The Kier molecular flexibility index (Phi) is 5.16. The Morgan fingerprint density at radius 2 is 2.04 bits per heavy atom. The van der Waals surface area contributed by atoms with Crippen LogP contribution in [-0.4, -0.2) is 22.5 Å². The fourth-order valence-corrected chi connectivity index (χ4v) is 3.99. The van der Waals surface area contributed by atoms with E-state index >= 15 is 0 Å². The summed E-state index contributed by atoms with van der Waals surface area (Å²) >= 11 is 2.87.